The number of benzene rings is 2. The van der Waals surface area contributed by atoms with Gasteiger partial charge in [0, 0.05) is 24.1 Å². The normalized spacial score (nSPS) is 17.0. The van der Waals surface area contributed by atoms with Gasteiger partial charge in [-0.3, -0.25) is 4.79 Å². The largest absolute Gasteiger partial charge is 0.416 e. The molecule has 1 aliphatic heterocycles. The molecule has 5 nitrogen and oxygen atoms in total. The first kappa shape index (κ1) is 21.5. The maximum atomic E-state index is 13.0. The first-order valence-electron chi connectivity index (χ1n) is 8.81. The number of alkyl halides is 3. The van der Waals surface area contributed by atoms with E-state index in [1.165, 1.54) is 10.4 Å². The Morgan fingerprint density at radius 2 is 1.76 bits per heavy atom. The molecule has 1 N–H and O–H groups in total. The topological polar surface area (TPSA) is 74.7 Å². The summed E-state index contributed by atoms with van der Waals surface area (Å²) in [6, 6.07) is 8.27. The van der Waals surface area contributed by atoms with Gasteiger partial charge in [-0.05, 0) is 41.5 Å². The summed E-state index contributed by atoms with van der Waals surface area (Å²) in [6.45, 7) is 3.17. The van der Waals surface area contributed by atoms with Gasteiger partial charge in [-0.2, -0.15) is 17.5 Å². The van der Waals surface area contributed by atoms with Crippen molar-refractivity contribution in [3.05, 3.63) is 64.7 Å². The number of hydrogen-bond acceptors (Lipinski definition) is 4. The van der Waals surface area contributed by atoms with Crippen LogP contribution < -0.4 is 0 Å². The average Bonchev–Trinajstić information content (AvgIpc) is 2.66. The summed E-state index contributed by atoms with van der Waals surface area (Å²) in [6.07, 6.45) is -4.54. The molecule has 0 aromatic heterocycles. The van der Waals surface area contributed by atoms with Crippen molar-refractivity contribution in [2.45, 2.75) is 36.9 Å². The molecule has 0 saturated carbocycles. The minimum absolute atomic E-state index is 0.0374. The predicted molar refractivity (Wildman–Crippen MR) is 99.9 cm³/mol. The minimum atomic E-state index is -4.54. The van der Waals surface area contributed by atoms with Gasteiger partial charge in [0.1, 0.15) is 6.61 Å². The molecule has 0 aliphatic carbocycles. The molecule has 156 valence electrons. The van der Waals surface area contributed by atoms with Crippen molar-refractivity contribution in [1.82, 2.24) is 4.31 Å². The second-order valence-corrected chi connectivity index (χ2v) is 9.57. The first-order chi connectivity index (χ1) is 13.4. The zero-order valence-corrected chi connectivity index (χ0v) is 16.6. The highest BCUT2D eigenvalue weighted by Crippen LogP contribution is 2.37. The number of hydrogen-bond donors (Lipinski definition) is 1. The highest BCUT2D eigenvalue weighted by atomic mass is 32.2. The third-order valence-electron chi connectivity index (χ3n) is 5.04. The summed E-state index contributed by atoms with van der Waals surface area (Å²) in [5.74, 6) is -0.427. The molecular weight excluding hydrogens is 407 g/mol. The van der Waals surface area contributed by atoms with E-state index in [4.69, 9.17) is 5.11 Å². The number of rotatable bonds is 4. The number of sulfonamides is 1. The molecule has 0 bridgehead atoms. The van der Waals surface area contributed by atoms with Crippen molar-refractivity contribution in [3.63, 3.8) is 0 Å². The summed E-state index contributed by atoms with van der Waals surface area (Å²) >= 11 is 0. The first-order valence-corrected chi connectivity index (χ1v) is 10.2. The Morgan fingerprint density at radius 3 is 2.31 bits per heavy atom. The molecular formula is C20H20F3NO4S. The SMILES string of the molecule is CC1(C)CN(S(=O)(=O)c2ccc(C(F)(F)F)cc2)Cc2ccc(C(=O)CO)cc21. The number of aliphatic hydroxyl groups excluding tert-OH is 1. The molecule has 0 saturated heterocycles. The van der Waals surface area contributed by atoms with E-state index in [1.54, 1.807) is 12.1 Å². The standard InChI is InChI=1S/C20H20F3NO4S/c1-19(2)12-24(10-14-4-3-13(9-17(14)19)18(26)11-25)29(27,28)16-7-5-15(6-8-16)20(21,22)23/h3-9,25H,10-12H2,1-2H3. The number of fused-ring (bicyclic) bond motifs is 1. The number of carbonyl (C=O) groups is 1. The van der Waals surface area contributed by atoms with Crippen molar-refractivity contribution in [2.24, 2.45) is 0 Å². The molecule has 0 fully saturated rings. The third kappa shape index (κ3) is 4.08. The summed E-state index contributed by atoms with van der Waals surface area (Å²) < 4.78 is 65.5. The second kappa shape index (κ2) is 7.23. The maximum Gasteiger partial charge on any atom is 0.416 e. The molecule has 0 atom stereocenters. The van der Waals surface area contributed by atoms with E-state index in [0.717, 1.165) is 29.8 Å². The number of carbonyl (C=O) groups excluding carboxylic acids is 1. The molecule has 0 amide bonds. The fourth-order valence-electron chi connectivity index (χ4n) is 3.52. The van der Waals surface area contributed by atoms with Crippen LogP contribution in [0.5, 0.6) is 0 Å². The van der Waals surface area contributed by atoms with Crippen LogP contribution in [-0.2, 0) is 28.2 Å². The monoisotopic (exact) mass is 427 g/mol. The lowest BCUT2D eigenvalue weighted by atomic mass is 9.78. The Hall–Kier alpha value is -2.23. The van der Waals surface area contributed by atoms with Gasteiger partial charge in [0.25, 0.3) is 0 Å². The fourth-order valence-corrected chi connectivity index (χ4v) is 5.10. The van der Waals surface area contributed by atoms with Crippen LogP contribution in [0, 0.1) is 0 Å². The second-order valence-electron chi connectivity index (χ2n) is 7.63. The van der Waals surface area contributed by atoms with Crippen LogP contribution in [-0.4, -0.2) is 36.8 Å². The van der Waals surface area contributed by atoms with Gasteiger partial charge in [-0.15, -0.1) is 0 Å². The van der Waals surface area contributed by atoms with E-state index in [-0.39, 0.29) is 18.0 Å². The third-order valence-corrected chi connectivity index (χ3v) is 6.85. The van der Waals surface area contributed by atoms with Crippen molar-refractivity contribution in [2.75, 3.05) is 13.2 Å². The highest BCUT2D eigenvalue weighted by molar-refractivity contribution is 7.89. The van der Waals surface area contributed by atoms with Crippen LogP contribution in [0.3, 0.4) is 0 Å². The quantitative estimate of drug-likeness (QED) is 0.760. The zero-order chi connectivity index (χ0) is 21.6. The number of ketones is 1. The van der Waals surface area contributed by atoms with Crippen LogP contribution in [0.25, 0.3) is 0 Å². The van der Waals surface area contributed by atoms with E-state index < -0.39 is 39.6 Å². The molecule has 29 heavy (non-hydrogen) atoms. The predicted octanol–water partition coefficient (Wildman–Crippen LogP) is 3.36. The lowest BCUT2D eigenvalue weighted by molar-refractivity contribution is -0.137. The molecule has 0 spiro atoms. The van der Waals surface area contributed by atoms with Crippen molar-refractivity contribution < 1.29 is 31.5 Å². The summed E-state index contributed by atoms with van der Waals surface area (Å²) in [5, 5.41) is 9.06. The molecule has 2 aromatic rings. The Bertz CT molecular complexity index is 1040. The van der Waals surface area contributed by atoms with Crippen LogP contribution in [0.15, 0.2) is 47.4 Å². The van der Waals surface area contributed by atoms with E-state index in [9.17, 15) is 26.4 Å². The fraction of sp³-hybridized carbons (Fsp3) is 0.350. The average molecular weight is 427 g/mol. The summed E-state index contributed by atoms with van der Waals surface area (Å²) in [5.41, 5.74) is 0.292. The van der Waals surface area contributed by atoms with Crippen LogP contribution in [0.4, 0.5) is 13.2 Å². The van der Waals surface area contributed by atoms with Crippen LogP contribution in [0.2, 0.25) is 0 Å². The molecule has 2 aromatic carbocycles. The molecule has 3 rings (SSSR count). The number of nitrogens with zero attached hydrogens (tertiary/aromatic N) is 1. The summed E-state index contributed by atoms with van der Waals surface area (Å²) in [4.78, 5) is 11.6. The van der Waals surface area contributed by atoms with Gasteiger partial charge < -0.3 is 5.11 Å². The molecule has 0 radical (unpaired) electrons. The molecule has 1 aliphatic rings. The lowest BCUT2D eigenvalue weighted by Gasteiger charge is -2.39. The van der Waals surface area contributed by atoms with Gasteiger partial charge in [0.2, 0.25) is 10.0 Å². The van der Waals surface area contributed by atoms with Gasteiger partial charge in [-0.1, -0.05) is 26.0 Å². The van der Waals surface area contributed by atoms with E-state index >= 15 is 0 Å². The van der Waals surface area contributed by atoms with E-state index in [0.29, 0.717) is 11.1 Å². The van der Waals surface area contributed by atoms with Crippen molar-refractivity contribution in [3.8, 4) is 0 Å². The zero-order valence-electron chi connectivity index (χ0n) is 15.8. The Labute approximate surface area is 166 Å². The van der Waals surface area contributed by atoms with Crippen molar-refractivity contribution in [1.29, 1.82) is 0 Å². The molecule has 1 heterocycles. The van der Waals surface area contributed by atoms with Gasteiger partial charge in [0.15, 0.2) is 5.78 Å². The molecule has 9 heteroatoms. The van der Waals surface area contributed by atoms with E-state index in [1.807, 2.05) is 13.8 Å². The Morgan fingerprint density at radius 1 is 1.14 bits per heavy atom. The molecule has 0 unspecified atom stereocenters. The number of Topliss-reactive ketones (excluding diaryl/α,β-unsaturated/α-hetero) is 1. The Balaban J connectivity index is 1.96. The summed E-state index contributed by atoms with van der Waals surface area (Å²) in [7, 11) is -4.01. The Kier molecular flexibility index (Phi) is 5.35. The smallest absolute Gasteiger partial charge is 0.388 e. The number of aliphatic hydroxyl groups is 1. The van der Waals surface area contributed by atoms with Crippen LogP contribution >= 0.6 is 0 Å². The van der Waals surface area contributed by atoms with Gasteiger partial charge in [-0.25, -0.2) is 8.42 Å². The highest BCUT2D eigenvalue weighted by Gasteiger charge is 2.38. The van der Waals surface area contributed by atoms with Gasteiger partial charge >= 0.3 is 6.18 Å². The maximum absolute atomic E-state index is 13.0. The van der Waals surface area contributed by atoms with Gasteiger partial charge in [0.05, 0.1) is 10.5 Å². The van der Waals surface area contributed by atoms with E-state index in [2.05, 4.69) is 0 Å². The lowest BCUT2D eigenvalue weighted by Crippen LogP contribution is -2.45. The minimum Gasteiger partial charge on any atom is -0.388 e. The van der Waals surface area contributed by atoms with Crippen LogP contribution in [0.1, 0.15) is 40.9 Å². The number of halogens is 3. The van der Waals surface area contributed by atoms with Crippen molar-refractivity contribution >= 4 is 15.8 Å².